The van der Waals surface area contributed by atoms with Gasteiger partial charge in [0.15, 0.2) is 0 Å². The Bertz CT molecular complexity index is 548. The highest BCUT2D eigenvalue weighted by atomic mass is 16.5. The predicted octanol–water partition coefficient (Wildman–Crippen LogP) is 4.63. The van der Waals surface area contributed by atoms with Crippen molar-refractivity contribution in [3.05, 3.63) is 65.2 Å². The summed E-state index contributed by atoms with van der Waals surface area (Å²) < 4.78 is 6.05. The van der Waals surface area contributed by atoms with Crippen LogP contribution in [0.15, 0.2) is 48.5 Å². The Kier molecular flexibility index (Phi) is 5.82. The van der Waals surface area contributed by atoms with Crippen molar-refractivity contribution in [2.75, 3.05) is 6.54 Å². The van der Waals surface area contributed by atoms with Crippen LogP contribution in [0, 0.1) is 6.92 Å². The molecule has 0 aliphatic carbocycles. The summed E-state index contributed by atoms with van der Waals surface area (Å²) in [6, 6.07) is 17.2. The van der Waals surface area contributed by atoms with Crippen molar-refractivity contribution < 1.29 is 4.74 Å². The van der Waals surface area contributed by atoms with Crippen molar-refractivity contribution in [3.63, 3.8) is 0 Å². The Morgan fingerprint density at radius 3 is 2.38 bits per heavy atom. The van der Waals surface area contributed by atoms with Gasteiger partial charge < -0.3 is 10.1 Å². The molecular weight excluding hydrogens is 258 g/mol. The molecule has 0 saturated heterocycles. The van der Waals surface area contributed by atoms with Crippen LogP contribution >= 0.6 is 0 Å². The van der Waals surface area contributed by atoms with Crippen LogP contribution in [0.1, 0.15) is 43.0 Å². The third-order valence-corrected chi connectivity index (χ3v) is 3.67. The number of hydrogen-bond acceptors (Lipinski definition) is 2. The van der Waals surface area contributed by atoms with Gasteiger partial charge in [0.25, 0.3) is 0 Å². The number of benzene rings is 2. The first-order valence-corrected chi connectivity index (χ1v) is 7.75. The third-order valence-electron chi connectivity index (χ3n) is 3.67. The van der Waals surface area contributed by atoms with E-state index in [9.17, 15) is 0 Å². The highest BCUT2D eigenvalue weighted by Crippen LogP contribution is 2.27. The van der Waals surface area contributed by atoms with Crippen molar-refractivity contribution >= 4 is 0 Å². The monoisotopic (exact) mass is 283 g/mol. The SMILES string of the molecule is CCNC(CC)c1ccccc1OCc1ccc(C)cc1. The fraction of sp³-hybridized carbons (Fsp3) is 0.368. The molecular formula is C19H25NO. The van der Waals surface area contributed by atoms with E-state index in [-0.39, 0.29) is 0 Å². The first-order chi connectivity index (χ1) is 10.2. The molecule has 0 aliphatic heterocycles. The molecule has 2 rings (SSSR count). The fourth-order valence-corrected chi connectivity index (χ4v) is 2.47. The summed E-state index contributed by atoms with van der Waals surface area (Å²) in [6.45, 7) is 8.01. The van der Waals surface area contributed by atoms with Crippen LogP contribution in [-0.4, -0.2) is 6.54 Å². The van der Waals surface area contributed by atoms with Gasteiger partial charge in [0.05, 0.1) is 0 Å². The van der Waals surface area contributed by atoms with Crippen molar-refractivity contribution in [1.82, 2.24) is 5.32 Å². The van der Waals surface area contributed by atoms with E-state index in [2.05, 4.69) is 68.6 Å². The molecule has 0 spiro atoms. The van der Waals surface area contributed by atoms with E-state index in [4.69, 9.17) is 4.74 Å². The summed E-state index contributed by atoms with van der Waals surface area (Å²) in [7, 11) is 0. The second kappa shape index (κ2) is 7.84. The van der Waals surface area contributed by atoms with Crippen LogP contribution in [0.4, 0.5) is 0 Å². The first kappa shape index (κ1) is 15.6. The first-order valence-electron chi connectivity index (χ1n) is 7.75. The Morgan fingerprint density at radius 1 is 1.00 bits per heavy atom. The molecule has 2 nitrogen and oxygen atoms in total. The lowest BCUT2D eigenvalue weighted by atomic mass is 10.0. The van der Waals surface area contributed by atoms with Crippen molar-refractivity contribution in [2.24, 2.45) is 0 Å². The van der Waals surface area contributed by atoms with Crippen LogP contribution in [0.2, 0.25) is 0 Å². The van der Waals surface area contributed by atoms with E-state index >= 15 is 0 Å². The van der Waals surface area contributed by atoms with E-state index < -0.39 is 0 Å². The van der Waals surface area contributed by atoms with Crippen LogP contribution in [0.5, 0.6) is 5.75 Å². The molecule has 0 saturated carbocycles. The average Bonchev–Trinajstić information content (AvgIpc) is 2.52. The zero-order valence-corrected chi connectivity index (χ0v) is 13.2. The number of aryl methyl sites for hydroxylation is 1. The van der Waals surface area contributed by atoms with Gasteiger partial charge in [-0.3, -0.25) is 0 Å². The molecule has 2 heteroatoms. The molecule has 0 aliphatic rings. The minimum Gasteiger partial charge on any atom is -0.489 e. The molecule has 0 amide bonds. The molecule has 2 aromatic carbocycles. The number of para-hydroxylation sites is 1. The highest BCUT2D eigenvalue weighted by Gasteiger charge is 2.13. The van der Waals surface area contributed by atoms with Gasteiger partial charge >= 0.3 is 0 Å². The number of hydrogen-bond donors (Lipinski definition) is 1. The topological polar surface area (TPSA) is 21.3 Å². The van der Waals surface area contributed by atoms with Crippen LogP contribution in [-0.2, 0) is 6.61 Å². The van der Waals surface area contributed by atoms with Crippen molar-refractivity contribution in [2.45, 2.75) is 39.8 Å². The van der Waals surface area contributed by atoms with E-state index in [0.717, 1.165) is 18.7 Å². The minimum atomic E-state index is 0.351. The van der Waals surface area contributed by atoms with E-state index in [1.54, 1.807) is 0 Å². The normalized spacial score (nSPS) is 12.1. The molecule has 112 valence electrons. The van der Waals surface area contributed by atoms with Crippen LogP contribution in [0.25, 0.3) is 0 Å². The fourth-order valence-electron chi connectivity index (χ4n) is 2.47. The number of rotatable bonds is 7. The van der Waals surface area contributed by atoms with Gasteiger partial charge in [-0.2, -0.15) is 0 Å². The molecule has 0 aromatic heterocycles. The minimum absolute atomic E-state index is 0.351. The summed E-state index contributed by atoms with van der Waals surface area (Å²) in [5.74, 6) is 0.978. The van der Waals surface area contributed by atoms with E-state index in [1.807, 2.05) is 6.07 Å². The molecule has 1 N–H and O–H groups in total. The lowest BCUT2D eigenvalue weighted by Crippen LogP contribution is -2.20. The molecule has 0 heterocycles. The van der Waals surface area contributed by atoms with E-state index in [0.29, 0.717) is 12.6 Å². The van der Waals surface area contributed by atoms with Crippen LogP contribution in [0.3, 0.4) is 0 Å². The third kappa shape index (κ3) is 4.33. The number of nitrogens with one attached hydrogen (secondary N) is 1. The molecule has 2 aromatic rings. The Labute approximate surface area is 128 Å². The zero-order valence-electron chi connectivity index (χ0n) is 13.2. The standard InChI is InChI=1S/C19H25NO/c1-4-18(20-5-2)17-8-6-7-9-19(17)21-14-16-12-10-15(3)11-13-16/h6-13,18,20H,4-5,14H2,1-3H3. The summed E-state index contributed by atoms with van der Waals surface area (Å²) in [4.78, 5) is 0. The van der Waals surface area contributed by atoms with Gasteiger partial charge in [-0.15, -0.1) is 0 Å². The smallest absolute Gasteiger partial charge is 0.124 e. The average molecular weight is 283 g/mol. The quantitative estimate of drug-likeness (QED) is 0.799. The van der Waals surface area contributed by atoms with E-state index in [1.165, 1.54) is 16.7 Å². The Morgan fingerprint density at radius 2 is 1.71 bits per heavy atom. The van der Waals surface area contributed by atoms with Crippen molar-refractivity contribution in [1.29, 1.82) is 0 Å². The summed E-state index contributed by atoms with van der Waals surface area (Å²) in [6.07, 6.45) is 1.05. The van der Waals surface area contributed by atoms with Crippen LogP contribution < -0.4 is 10.1 Å². The summed E-state index contributed by atoms with van der Waals surface area (Å²) >= 11 is 0. The maximum atomic E-state index is 6.05. The maximum absolute atomic E-state index is 6.05. The molecule has 0 fully saturated rings. The maximum Gasteiger partial charge on any atom is 0.124 e. The number of ether oxygens (including phenoxy) is 1. The summed E-state index contributed by atoms with van der Waals surface area (Å²) in [5, 5.41) is 3.51. The molecule has 21 heavy (non-hydrogen) atoms. The molecule has 0 bridgehead atoms. The van der Waals surface area contributed by atoms with Crippen molar-refractivity contribution in [3.8, 4) is 5.75 Å². The second-order valence-electron chi connectivity index (χ2n) is 5.33. The Balaban J connectivity index is 2.10. The molecule has 1 atom stereocenters. The van der Waals surface area contributed by atoms with Gasteiger partial charge in [0.2, 0.25) is 0 Å². The lowest BCUT2D eigenvalue weighted by Gasteiger charge is -2.20. The zero-order chi connectivity index (χ0) is 15.1. The molecule has 1 unspecified atom stereocenters. The lowest BCUT2D eigenvalue weighted by molar-refractivity contribution is 0.298. The van der Waals surface area contributed by atoms with Gasteiger partial charge in [0, 0.05) is 11.6 Å². The van der Waals surface area contributed by atoms with Gasteiger partial charge in [0.1, 0.15) is 12.4 Å². The van der Waals surface area contributed by atoms with Gasteiger partial charge in [-0.1, -0.05) is 61.9 Å². The predicted molar refractivity (Wildman–Crippen MR) is 88.7 cm³/mol. The second-order valence-corrected chi connectivity index (χ2v) is 5.33. The van der Waals surface area contributed by atoms with Gasteiger partial charge in [-0.05, 0) is 31.5 Å². The molecule has 0 radical (unpaired) electrons. The summed E-state index contributed by atoms with van der Waals surface area (Å²) in [5.41, 5.74) is 3.72. The Hall–Kier alpha value is -1.80. The largest absolute Gasteiger partial charge is 0.489 e. The highest BCUT2D eigenvalue weighted by molar-refractivity contribution is 5.36. The van der Waals surface area contributed by atoms with Gasteiger partial charge in [-0.25, -0.2) is 0 Å².